The van der Waals surface area contributed by atoms with Gasteiger partial charge in [-0.1, -0.05) is 32.0 Å². The second-order valence-electron chi connectivity index (χ2n) is 3.94. The van der Waals surface area contributed by atoms with Crippen LogP contribution in [0.1, 0.15) is 36.2 Å². The number of imide groups is 1. The van der Waals surface area contributed by atoms with Crippen LogP contribution in [0.25, 0.3) is 0 Å². The molecule has 1 aromatic carbocycles. The van der Waals surface area contributed by atoms with Gasteiger partial charge in [-0.15, -0.1) is 0 Å². The molecule has 0 saturated heterocycles. The normalized spacial score (nSPS) is 11.9. The van der Waals surface area contributed by atoms with E-state index >= 15 is 0 Å². The number of carbonyl (C=O) groups excluding carboxylic acids is 2. The van der Waals surface area contributed by atoms with Crippen LogP contribution in [-0.4, -0.2) is 11.8 Å². The number of carbonyl (C=O) groups is 2. The van der Waals surface area contributed by atoms with Gasteiger partial charge in [-0.3, -0.25) is 14.9 Å². The topological polar surface area (TPSA) is 46.2 Å². The van der Waals surface area contributed by atoms with E-state index in [1.165, 1.54) is 0 Å². The summed E-state index contributed by atoms with van der Waals surface area (Å²) < 4.78 is 0. The van der Waals surface area contributed by atoms with Crippen molar-refractivity contribution in [3.8, 4) is 0 Å². The van der Waals surface area contributed by atoms with Crippen molar-refractivity contribution in [1.29, 1.82) is 0 Å². The van der Waals surface area contributed by atoms with Gasteiger partial charge in [-0.2, -0.15) is 0 Å². The maximum Gasteiger partial charge on any atom is 0.258 e. The molecule has 3 heteroatoms. The fraction of sp³-hybridized carbons (Fsp3) is 0.385. The molecule has 1 atom stereocenters. The van der Waals surface area contributed by atoms with Crippen LogP contribution in [0.15, 0.2) is 24.3 Å². The predicted molar refractivity (Wildman–Crippen MR) is 63.1 cm³/mol. The molecular formula is C13H17NO2. The highest BCUT2D eigenvalue weighted by Crippen LogP contribution is 2.07. The molecule has 0 radical (unpaired) electrons. The molecular weight excluding hydrogens is 202 g/mol. The third kappa shape index (κ3) is 2.92. The average Bonchev–Trinajstić information content (AvgIpc) is 2.28. The van der Waals surface area contributed by atoms with E-state index in [-0.39, 0.29) is 17.7 Å². The van der Waals surface area contributed by atoms with E-state index in [1.807, 2.05) is 26.0 Å². The maximum atomic E-state index is 11.8. The van der Waals surface area contributed by atoms with Crippen molar-refractivity contribution in [2.75, 3.05) is 0 Å². The maximum absolute atomic E-state index is 11.8. The van der Waals surface area contributed by atoms with Gasteiger partial charge in [0.2, 0.25) is 5.91 Å². The Labute approximate surface area is 95.9 Å². The van der Waals surface area contributed by atoms with Gasteiger partial charge in [0.05, 0.1) is 0 Å². The van der Waals surface area contributed by atoms with Crippen LogP contribution in [-0.2, 0) is 4.79 Å². The van der Waals surface area contributed by atoms with E-state index in [0.29, 0.717) is 5.56 Å². The number of rotatable bonds is 3. The van der Waals surface area contributed by atoms with E-state index < -0.39 is 0 Å². The molecule has 0 fully saturated rings. The number of benzene rings is 1. The number of aryl methyl sites for hydroxylation is 1. The Morgan fingerprint density at radius 3 is 2.50 bits per heavy atom. The summed E-state index contributed by atoms with van der Waals surface area (Å²) in [6.07, 6.45) is 0.729. The van der Waals surface area contributed by atoms with Crippen LogP contribution >= 0.6 is 0 Å². The first kappa shape index (κ1) is 12.4. The lowest BCUT2D eigenvalue weighted by Crippen LogP contribution is -2.34. The Morgan fingerprint density at radius 2 is 1.94 bits per heavy atom. The average molecular weight is 219 g/mol. The summed E-state index contributed by atoms with van der Waals surface area (Å²) in [5.74, 6) is -0.660. The number of nitrogens with one attached hydrogen (secondary N) is 1. The molecule has 1 N–H and O–H groups in total. The molecule has 86 valence electrons. The van der Waals surface area contributed by atoms with Gasteiger partial charge in [0.1, 0.15) is 0 Å². The number of amides is 2. The Balaban J connectivity index is 2.74. The second kappa shape index (κ2) is 5.45. The van der Waals surface area contributed by atoms with Gasteiger partial charge in [0, 0.05) is 11.5 Å². The highest BCUT2D eigenvalue weighted by atomic mass is 16.2. The van der Waals surface area contributed by atoms with Crippen LogP contribution in [0.3, 0.4) is 0 Å². The zero-order valence-corrected chi connectivity index (χ0v) is 9.91. The summed E-state index contributed by atoms with van der Waals surface area (Å²) in [4.78, 5) is 23.3. The zero-order chi connectivity index (χ0) is 12.1. The molecule has 0 spiro atoms. The summed E-state index contributed by atoms with van der Waals surface area (Å²) in [6.45, 7) is 5.57. The van der Waals surface area contributed by atoms with E-state index in [4.69, 9.17) is 0 Å². The summed E-state index contributed by atoms with van der Waals surface area (Å²) in [6, 6.07) is 7.22. The van der Waals surface area contributed by atoms with E-state index in [2.05, 4.69) is 5.32 Å². The first-order valence-electron chi connectivity index (χ1n) is 5.47. The first-order chi connectivity index (χ1) is 7.56. The molecule has 0 bridgehead atoms. The predicted octanol–water partition coefficient (Wildman–Crippen LogP) is 2.30. The van der Waals surface area contributed by atoms with Crippen LogP contribution < -0.4 is 5.32 Å². The van der Waals surface area contributed by atoms with E-state index in [1.54, 1.807) is 19.1 Å². The first-order valence-corrected chi connectivity index (χ1v) is 5.47. The molecule has 0 aliphatic rings. The number of hydrogen-bond donors (Lipinski definition) is 1. The lowest BCUT2D eigenvalue weighted by molar-refractivity contribution is -0.123. The molecule has 0 aliphatic heterocycles. The Morgan fingerprint density at radius 1 is 1.31 bits per heavy atom. The summed E-state index contributed by atoms with van der Waals surface area (Å²) >= 11 is 0. The SMILES string of the molecule is CCC(C)C(=O)NC(=O)c1ccccc1C. The third-order valence-electron chi connectivity index (χ3n) is 2.69. The van der Waals surface area contributed by atoms with Crippen LogP contribution in [0.5, 0.6) is 0 Å². The van der Waals surface area contributed by atoms with Crippen molar-refractivity contribution in [2.24, 2.45) is 5.92 Å². The largest absolute Gasteiger partial charge is 0.292 e. The molecule has 1 unspecified atom stereocenters. The highest BCUT2D eigenvalue weighted by Gasteiger charge is 2.15. The Hall–Kier alpha value is -1.64. The van der Waals surface area contributed by atoms with Gasteiger partial charge < -0.3 is 0 Å². The molecule has 0 saturated carbocycles. The van der Waals surface area contributed by atoms with Gasteiger partial charge >= 0.3 is 0 Å². The minimum atomic E-state index is -0.316. The standard InChI is InChI=1S/C13H17NO2/c1-4-9(2)12(15)14-13(16)11-8-6-5-7-10(11)3/h5-9H,4H2,1-3H3,(H,14,15,16). The lowest BCUT2D eigenvalue weighted by Gasteiger charge is -2.09. The van der Waals surface area contributed by atoms with Crippen LogP contribution in [0.4, 0.5) is 0 Å². The van der Waals surface area contributed by atoms with E-state index in [9.17, 15) is 9.59 Å². The van der Waals surface area contributed by atoms with Gasteiger partial charge in [0.25, 0.3) is 5.91 Å². The lowest BCUT2D eigenvalue weighted by atomic mass is 10.1. The second-order valence-corrected chi connectivity index (χ2v) is 3.94. The van der Waals surface area contributed by atoms with Gasteiger partial charge in [-0.05, 0) is 25.0 Å². The van der Waals surface area contributed by atoms with E-state index in [0.717, 1.165) is 12.0 Å². The van der Waals surface area contributed by atoms with Crippen molar-refractivity contribution >= 4 is 11.8 Å². The summed E-state index contributed by atoms with van der Waals surface area (Å²) in [5, 5.41) is 2.41. The fourth-order valence-electron chi connectivity index (χ4n) is 1.32. The minimum absolute atomic E-state index is 0.132. The molecule has 0 aliphatic carbocycles. The highest BCUT2D eigenvalue weighted by molar-refractivity contribution is 6.05. The van der Waals surface area contributed by atoms with Gasteiger partial charge in [-0.25, -0.2) is 0 Å². The molecule has 3 nitrogen and oxygen atoms in total. The molecule has 0 aromatic heterocycles. The smallest absolute Gasteiger partial charge is 0.258 e. The quantitative estimate of drug-likeness (QED) is 0.847. The molecule has 16 heavy (non-hydrogen) atoms. The Bertz CT molecular complexity index is 399. The van der Waals surface area contributed by atoms with Crippen molar-refractivity contribution < 1.29 is 9.59 Å². The third-order valence-corrected chi connectivity index (χ3v) is 2.69. The zero-order valence-electron chi connectivity index (χ0n) is 9.91. The monoisotopic (exact) mass is 219 g/mol. The molecule has 0 heterocycles. The van der Waals surface area contributed by atoms with Crippen molar-refractivity contribution in [1.82, 2.24) is 5.32 Å². The van der Waals surface area contributed by atoms with Crippen molar-refractivity contribution in [2.45, 2.75) is 27.2 Å². The Kier molecular flexibility index (Phi) is 4.23. The van der Waals surface area contributed by atoms with Crippen LogP contribution in [0, 0.1) is 12.8 Å². The molecule has 1 aromatic rings. The van der Waals surface area contributed by atoms with Crippen LogP contribution in [0.2, 0.25) is 0 Å². The molecule has 2 amide bonds. The van der Waals surface area contributed by atoms with Gasteiger partial charge in [0.15, 0.2) is 0 Å². The molecule has 1 rings (SSSR count). The fourth-order valence-corrected chi connectivity index (χ4v) is 1.32. The van der Waals surface area contributed by atoms with Crippen molar-refractivity contribution in [3.05, 3.63) is 35.4 Å². The summed E-state index contributed by atoms with van der Waals surface area (Å²) in [7, 11) is 0. The van der Waals surface area contributed by atoms with Crippen molar-refractivity contribution in [3.63, 3.8) is 0 Å². The minimum Gasteiger partial charge on any atom is -0.292 e. The number of hydrogen-bond acceptors (Lipinski definition) is 2. The summed E-state index contributed by atoms with van der Waals surface area (Å²) in [5.41, 5.74) is 1.43.